The van der Waals surface area contributed by atoms with Crippen LogP contribution in [0.1, 0.15) is 48.7 Å². The molecule has 3 rings (SSSR count). The molecule has 0 spiro atoms. The summed E-state index contributed by atoms with van der Waals surface area (Å²) in [7, 11) is -3.85. The third kappa shape index (κ3) is 5.88. The van der Waals surface area contributed by atoms with E-state index in [2.05, 4.69) is 5.32 Å². The Hall–Kier alpha value is -2.42. The molecule has 2 unspecified atom stereocenters. The lowest BCUT2D eigenvalue weighted by Crippen LogP contribution is -2.39. The Morgan fingerprint density at radius 2 is 1.94 bits per heavy atom. The fourth-order valence-corrected chi connectivity index (χ4v) is 5.75. The minimum atomic E-state index is -3.85. The smallest absolute Gasteiger partial charge is 0.338 e. The monoisotopic (exact) mass is 478 g/mol. The summed E-state index contributed by atoms with van der Waals surface area (Å²) in [6.45, 7) is 4.17. The molecule has 1 heterocycles. The maximum Gasteiger partial charge on any atom is 0.338 e. The molecule has 0 radical (unpaired) electrons. The fraction of sp³-hybridized carbons (Fsp3) is 0.391. The van der Waals surface area contributed by atoms with Crippen LogP contribution in [0.25, 0.3) is 0 Å². The Morgan fingerprint density at radius 3 is 2.62 bits per heavy atom. The first kappa shape index (κ1) is 24.2. The van der Waals surface area contributed by atoms with Crippen molar-refractivity contribution in [1.29, 1.82) is 0 Å². The maximum atomic E-state index is 13.1. The molecule has 2 atom stereocenters. The van der Waals surface area contributed by atoms with Crippen molar-refractivity contribution < 1.29 is 22.7 Å². The van der Waals surface area contributed by atoms with Crippen LogP contribution in [-0.2, 0) is 19.6 Å². The molecule has 1 aliphatic heterocycles. The van der Waals surface area contributed by atoms with Crippen LogP contribution in [0, 0.1) is 5.92 Å². The van der Waals surface area contributed by atoms with Crippen LogP contribution in [0.5, 0.6) is 0 Å². The SMILES string of the molecule is CC1CCCN(S(=O)(=O)c2cc(C(=O)OCC(=O)NC(C)c3ccccc3)ccc2Cl)C1. The summed E-state index contributed by atoms with van der Waals surface area (Å²) < 4.78 is 32.6. The van der Waals surface area contributed by atoms with Crippen LogP contribution in [0.4, 0.5) is 0 Å². The molecule has 0 saturated carbocycles. The van der Waals surface area contributed by atoms with Crippen LogP contribution < -0.4 is 5.32 Å². The van der Waals surface area contributed by atoms with Gasteiger partial charge in [-0.1, -0.05) is 48.9 Å². The first-order valence-corrected chi connectivity index (χ1v) is 12.3. The Kier molecular flexibility index (Phi) is 7.92. The molecule has 1 aliphatic rings. The highest BCUT2D eigenvalue weighted by molar-refractivity contribution is 7.89. The van der Waals surface area contributed by atoms with E-state index in [9.17, 15) is 18.0 Å². The summed E-state index contributed by atoms with van der Waals surface area (Å²) >= 11 is 6.16. The van der Waals surface area contributed by atoms with Crippen LogP contribution in [0.2, 0.25) is 5.02 Å². The first-order valence-electron chi connectivity index (χ1n) is 10.5. The van der Waals surface area contributed by atoms with Gasteiger partial charge in [-0.3, -0.25) is 4.79 Å². The molecule has 1 fully saturated rings. The first-order chi connectivity index (χ1) is 15.2. The second-order valence-corrected chi connectivity index (χ2v) is 10.3. The molecule has 2 aromatic carbocycles. The summed E-state index contributed by atoms with van der Waals surface area (Å²) in [6.07, 6.45) is 1.74. The standard InChI is InChI=1S/C23H27ClN2O5S/c1-16-7-6-12-26(14-16)32(29,30)21-13-19(10-11-20(21)24)23(28)31-15-22(27)25-17(2)18-8-4-3-5-9-18/h3-5,8-11,13,16-17H,6-7,12,14-15H2,1-2H3,(H,25,27). The Labute approximate surface area is 193 Å². The number of benzene rings is 2. The average Bonchev–Trinajstić information content (AvgIpc) is 2.78. The number of nitrogens with one attached hydrogen (secondary N) is 1. The highest BCUT2D eigenvalue weighted by Gasteiger charge is 2.31. The number of hydrogen-bond acceptors (Lipinski definition) is 5. The second kappa shape index (κ2) is 10.5. The summed E-state index contributed by atoms with van der Waals surface area (Å²) in [5, 5.41) is 2.79. The maximum absolute atomic E-state index is 13.1. The zero-order chi connectivity index (χ0) is 23.3. The van der Waals surface area contributed by atoms with Crippen molar-refractivity contribution in [3.8, 4) is 0 Å². The van der Waals surface area contributed by atoms with Gasteiger partial charge in [-0.25, -0.2) is 13.2 Å². The van der Waals surface area contributed by atoms with Gasteiger partial charge in [0, 0.05) is 13.1 Å². The molecule has 1 N–H and O–H groups in total. The van der Waals surface area contributed by atoms with Gasteiger partial charge in [-0.15, -0.1) is 0 Å². The van der Waals surface area contributed by atoms with Crippen LogP contribution in [0.3, 0.4) is 0 Å². The van der Waals surface area contributed by atoms with Gasteiger partial charge in [0.05, 0.1) is 16.6 Å². The van der Waals surface area contributed by atoms with Gasteiger partial charge in [0.15, 0.2) is 6.61 Å². The van der Waals surface area contributed by atoms with Crippen molar-refractivity contribution in [2.45, 2.75) is 37.6 Å². The van der Waals surface area contributed by atoms with Crippen LogP contribution >= 0.6 is 11.6 Å². The lowest BCUT2D eigenvalue weighted by molar-refractivity contribution is -0.124. The van der Waals surface area contributed by atoms with Crippen molar-refractivity contribution in [3.05, 3.63) is 64.7 Å². The van der Waals surface area contributed by atoms with Gasteiger partial charge < -0.3 is 10.1 Å². The number of amides is 1. The molecule has 0 aliphatic carbocycles. The molecule has 172 valence electrons. The van der Waals surface area contributed by atoms with Gasteiger partial charge in [0.25, 0.3) is 5.91 Å². The normalized spacial score (nSPS) is 18.0. The molecule has 32 heavy (non-hydrogen) atoms. The van der Waals surface area contributed by atoms with Crippen LogP contribution in [0.15, 0.2) is 53.4 Å². The van der Waals surface area contributed by atoms with Crippen LogP contribution in [-0.4, -0.2) is 44.3 Å². The second-order valence-electron chi connectivity index (χ2n) is 8.03. The molecule has 1 amide bonds. The zero-order valence-corrected chi connectivity index (χ0v) is 19.7. The minimum Gasteiger partial charge on any atom is -0.452 e. The molecule has 2 aromatic rings. The Bertz CT molecular complexity index is 1080. The van der Waals surface area contributed by atoms with Crippen molar-refractivity contribution in [1.82, 2.24) is 9.62 Å². The number of nitrogens with zero attached hydrogens (tertiary/aromatic N) is 1. The van der Waals surface area contributed by atoms with E-state index in [0.717, 1.165) is 18.4 Å². The third-order valence-corrected chi connectivity index (χ3v) is 7.76. The number of piperidine rings is 1. The number of halogens is 1. The summed E-state index contributed by atoms with van der Waals surface area (Å²) in [4.78, 5) is 24.5. The minimum absolute atomic E-state index is 0.0157. The lowest BCUT2D eigenvalue weighted by atomic mass is 10.0. The van der Waals surface area contributed by atoms with E-state index in [0.29, 0.717) is 13.1 Å². The highest BCUT2D eigenvalue weighted by atomic mass is 35.5. The number of rotatable bonds is 7. The van der Waals surface area contributed by atoms with E-state index in [-0.39, 0.29) is 27.4 Å². The van der Waals surface area contributed by atoms with E-state index in [4.69, 9.17) is 16.3 Å². The van der Waals surface area contributed by atoms with Crippen molar-refractivity contribution in [3.63, 3.8) is 0 Å². The summed E-state index contributed by atoms with van der Waals surface area (Å²) in [5.74, 6) is -1.01. The lowest BCUT2D eigenvalue weighted by Gasteiger charge is -2.30. The van der Waals surface area contributed by atoms with E-state index < -0.39 is 28.5 Å². The quantitative estimate of drug-likeness (QED) is 0.611. The predicted molar refractivity (Wildman–Crippen MR) is 122 cm³/mol. The number of ether oxygens (including phenoxy) is 1. The molecular weight excluding hydrogens is 452 g/mol. The Balaban J connectivity index is 1.65. The molecule has 9 heteroatoms. The molecule has 7 nitrogen and oxygen atoms in total. The Morgan fingerprint density at radius 1 is 1.22 bits per heavy atom. The largest absolute Gasteiger partial charge is 0.452 e. The number of esters is 1. The van der Waals surface area contributed by atoms with E-state index in [1.165, 1.54) is 22.5 Å². The average molecular weight is 479 g/mol. The van der Waals surface area contributed by atoms with E-state index >= 15 is 0 Å². The molecular formula is C23H27ClN2O5S. The summed E-state index contributed by atoms with van der Waals surface area (Å²) in [5.41, 5.74) is 0.939. The van der Waals surface area contributed by atoms with Gasteiger partial charge in [-0.2, -0.15) is 4.31 Å². The number of carbonyl (C=O) groups excluding carboxylic acids is 2. The summed E-state index contributed by atoms with van der Waals surface area (Å²) in [6, 6.07) is 13.1. The molecule has 1 saturated heterocycles. The number of sulfonamides is 1. The van der Waals surface area contributed by atoms with Gasteiger partial charge in [-0.05, 0) is 49.4 Å². The van der Waals surface area contributed by atoms with Crippen molar-refractivity contribution >= 4 is 33.5 Å². The van der Waals surface area contributed by atoms with Gasteiger partial charge in [0.2, 0.25) is 10.0 Å². The topological polar surface area (TPSA) is 92.8 Å². The fourth-order valence-electron chi connectivity index (χ4n) is 3.65. The van der Waals surface area contributed by atoms with Gasteiger partial charge in [0.1, 0.15) is 4.90 Å². The predicted octanol–water partition coefficient (Wildman–Crippen LogP) is 3.79. The van der Waals surface area contributed by atoms with Crippen molar-refractivity contribution in [2.75, 3.05) is 19.7 Å². The van der Waals surface area contributed by atoms with Crippen molar-refractivity contribution in [2.24, 2.45) is 5.92 Å². The number of carbonyl (C=O) groups is 2. The highest BCUT2D eigenvalue weighted by Crippen LogP contribution is 2.29. The third-order valence-electron chi connectivity index (χ3n) is 5.42. The zero-order valence-electron chi connectivity index (χ0n) is 18.1. The van der Waals surface area contributed by atoms with Gasteiger partial charge >= 0.3 is 5.97 Å². The molecule has 0 aromatic heterocycles. The van der Waals surface area contributed by atoms with E-state index in [1.54, 1.807) is 0 Å². The van der Waals surface area contributed by atoms with E-state index in [1.807, 2.05) is 44.2 Å². The molecule has 0 bridgehead atoms. The number of hydrogen-bond donors (Lipinski definition) is 1.